The average molecular weight is 310 g/mol. The first-order valence-corrected chi connectivity index (χ1v) is 8.07. The van der Waals surface area contributed by atoms with Gasteiger partial charge in [-0.2, -0.15) is 0 Å². The first-order chi connectivity index (χ1) is 9.95. The van der Waals surface area contributed by atoms with Crippen LogP contribution in [-0.4, -0.2) is 42.0 Å². The van der Waals surface area contributed by atoms with E-state index in [1.165, 1.54) is 6.92 Å². The molecule has 21 heavy (non-hydrogen) atoms. The van der Waals surface area contributed by atoms with Gasteiger partial charge in [0.15, 0.2) is 0 Å². The van der Waals surface area contributed by atoms with Crippen LogP contribution in [0, 0.1) is 0 Å². The molecule has 2 heterocycles. The zero-order valence-corrected chi connectivity index (χ0v) is 13.5. The number of rotatable bonds is 4. The van der Waals surface area contributed by atoms with Gasteiger partial charge in [-0.3, -0.25) is 9.59 Å². The Bertz CT molecular complexity index is 479. The summed E-state index contributed by atoms with van der Waals surface area (Å²) in [7, 11) is 0. The van der Waals surface area contributed by atoms with Crippen molar-refractivity contribution in [3.8, 4) is 0 Å². The maximum atomic E-state index is 12.5. The van der Waals surface area contributed by atoms with Crippen LogP contribution < -0.4 is 5.32 Å². The highest BCUT2D eigenvalue weighted by Crippen LogP contribution is 2.23. The van der Waals surface area contributed by atoms with E-state index in [4.69, 9.17) is 4.74 Å². The Morgan fingerprint density at radius 3 is 2.62 bits per heavy atom. The van der Waals surface area contributed by atoms with Crippen LogP contribution in [0.1, 0.15) is 38.1 Å². The van der Waals surface area contributed by atoms with Gasteiger partial charge < -0.3 is 15.0 Å². The minimum Gasteiger partial charge on any atom is -0.372 e. The quantitative estimate of drug-likeness (QED) is 0.925. The van der Waals surface area contributed by atoms with Gasteiger partial charge in [-0.25, -0.2) is 0 Å². The van der Waals surface area contributed by atoms with Crippen LogP contribution in [0.5, 0.6) is 0 Å². The molecule has 0 radical (unpaired) electrons. The van der Waals surface area contributed by atoms with E-state index in [0.717, 1.165) is 4.88 Å². The van der Waals surface area contributed by atoms with Gasteiger partial charge in [-0.15, -0.1) is 11.3 Å². The van der Waals surface area contributed by atoms with Crippen molar-refractivity contribution >= 4 is 23.2 Å². The molecule has 2 rings (SSSR count). The highest BCUT2D eigenvalue weighted by Gasteiger charge is 2.28. The molecule has 1 aliphatic rings. The lowest BCUT2D eigenvalue weighted by Crippen LogP contribution is -2.49. The van der Waals surface area contributed by atoms with Crippen molar-refractivity contribution < 1.29 is 14.3 Å². The molecule has 1 N–H and O–H groups in total. The predicted molar refractivity (Wildman–Crippen MR) is 82.1 cm³/mol. The summed E-state index contributed by atoms with van der Waals surface area (Å²) in [5, 5.41) is 4.82. The first kappa shape index (κ1) is 16.0. The summed E-state index contributed by atoms with van der Waals surface area (Å²) < 4.78 is 5.65. The second kappa shape index (κ2) is 7.04. The van der Waals surface area contributed by atoms with Gasteiger partial charge in [0, 0.05) is 24.9 Å². The Morgan fingerprint density at radius 1 is 1.43 bits per heavy atom. The number of nitrogens with zero attached hydrogens (tertiary/aromatic N) is 1. The summed E-state index contributed by atoms with van der Waals surface area (Å²) in [6, 6.07) is 3.63. The number of nitrogens with one attached hydrogen (secondary N) is 1. The third-order valence-electron chi connectivity index (χ3n) is 3.42. The molecule has 0 unspecified atom stereocenters. The SMILES string of the molecule is CC(=O)N[C@H](CC(=O)N1C[C@@H](C)O[C@H](C)C1)c1cccs1. The second-order valence-electron chi connectivity index (χ2n) is 5.53. The second-order valence-corrected chi connectivity index (χ2v) is 6.51. The summed E-state index contributed by atoms with van der Waals surface area (Å²) in [6.07, 6.45) is 0.400. The Kier molecular flexibility index (Phi) is 5.36. The predicted octanol–water partition coefficient (Wildman–Crippen LogP) is 1.95. The molecule has 1 aromatic heterocycles. The Hall–Kier alpha value is -1.40. The van der Waals surface area contributed by atoms with Gasteiger partial charge in [-0.1, -0.05) is 6.07 Å². The highest BCUT2D eigenvalue weighted by atomic mass is 32.1. The van der Waals surface area contributed by atoms with Gasteiger partial charge in [0.1, 0.15) is 0 Å². The fraction of sp³-hybridized carbons (Fsp3) is 0.600. The van der Waals surface area contributed by atoms with Crippen LogP contribution in [-0.2, 0) is 14.3 Å². The standard InChI is InChI=1S/C15H22N2O3S/c1-10-8-17(9-11(2)20-10)15(19)7-13(16-12(3)18)14-5-4-6-21-14/h4-6,10-11,13H,7-9H2,1-3H3,(H,16,18)/t10-,11-,13-/m1/s1. The van der Waals surface area contributed by atoms with E-state index < -0.39 is 0 Å². The molecule has 0 saturated carbocycles. The van der Waals surface area contributed by atoms with Gasteiger partial charge in [0.25, 0.3) is 0 Å². The molecule has 0 spiro atoms. The molecular formula is C15H22N2O3S. The van der Waals surface area contributed by atoms with E-state index in [1.807, 2.05) is 36.3 Å². The van der Waals surface area contributed by atoms with Crippen molar-refractivity contribution in [2.45, 2.75) is 45.4 Å². The van der Waals surface area contributed by atoms with Gasteiger partial charge in [0.05, 0.1) is 24.7 Å². The van der Waals surface area contributed by atoms with Crippen LogP contribution in [0.15, 0.2) is 17.5 Å². The zero-order chi connectivity index (χ0) is 15.4. The molecule has 0 aromatic carbocycles. The smallest absolute Gasteiger partial charge is 0.225 e. The van der Waals surface area contributed by atoms with Crippen LogP contribution in [0.2, 0.25) is 0 Å². The molecule has 2 amide bonds. The molecule has 5 nitrogen and oxygen atoms in total. The van der Waals surface area contributed by atoms with Crippen LogP contribution in [0.4, 0.5) is 0 Å². The third kappa shape index (κ3) is 4.54. The van der Waals surface area contributed by atoms with Crippen molar-refractivity contribution in [3.05, 3.63) is 22.4 Å². The Labute approximate surface area is 129 Å². The summed E-state index contributed by atoms with van der Waals surface area (Å²) in [5.74, 6) is -0.0611. The van der Waals surface area contributed by atoms with E-state index in [2.05, 4.69) is 5.32 Å². The lowest BCUT2D eigenvalue weighted by atomic mass is 10.1. The summed E-state index contributed by atoms with van der Waals surface area (Å²) in [6.45, 7) is 6.64. The maximum absolute atomic E-state index is 12.5. The normalized spacial score (nSPS) is 23.7. The summed E-state index contributed by atoms with van der Waals surface area (Å²) >= 11 is 1.55. The molecule has 0 bridgehead atoms. The molecular weight excluding hydrogens is 288 g/mol. The maximum Gasteiger partial charge on any atom is 0.225 e. The zero-order valence-electron chi connectivity index (χ0n) is 12.7. The number of carbonyl (C=O) groups is 2. The minimum absolute atomic E-state index is 0.0543. The minimum atomic E-state index is -0.247. The third-order valence-corrected chi connectivity index (χ3v) is 4.40. The molecule has 116 valence electrons. The Balaban J connectivity index is 2.02. The highest BCUT2D eigenvalue weighted by molar-refractivity contribution is 7.10. The summed E-state index contributed by atoms with van der Waals surface area (Å²) in [5.41, 5.74) is 0. The molecule has 1 aromatic rings. The van der Waals surface area contributed by atoms with Crippen molar-refractivity contribution in [1.29, 1.82) is 0 Å². The number of amides is 2. The largest absolute Gasteiger partial charge is 0.372 e. The molecule has 0 aliphatic carbocycles. The number of carbonyl (C=O) groups excluding carboxylic acids is 2. The number of hydrogen-bond donors (Lipinski definition) is 1. The summed E-state index contributed by atoms with van der Waals surface area (Å²) in [4.78, 5) is 26.7. The van der Waals surface area contributed by atoms with E-state index in [0.29, 0.717) is 19.5 Å². The molecule has 6 heteroatoms. The topological polar surface area (TPSA) is 58.6 Å². The Morgan fingerprint density at radius 2 is 2.10 bits per heavy atom. The fourth-order valence-electron chi connectivity index (χ4n) is 2.64. The van der Waals surface area contributed by atoms with Crippen LogP contribution in [0.25, 0.3) is 0 Å². The van der Waals surface area contributed by atoms with E-state index in [9.17, 15) is 9.59 Å². The first-order valence-electron chi connectivity index (χ1n) is 7.19. The lowest BCUT2D eigenvalue weighted by molar-refractivity contribution is -0.143. The van der Waals surface area contributed by atoms with E-state index in [-0.39, 0.29) is 30.1 Å². The monoisotopic (exact) mass is 310 g/mol. The van der Waals surface area contributed by atoms with Crippen LogP contribution >= 0.6 is 11.3 Å². The van der Waals surface area contributed by atoms with Crippen LogP contribution in [0.3, 0.4) is 0 Å². The van der Waals surface area contributed by atoms with Crippen molar-refractivity contribution in [2.75, 3.05) is 13.1 Å². The molecule has 1 aliphatic heterocycles. The number of thiophene rings is 1. The van der Waals surface area contributed by atoms with Crippen molar-refractivity contribution in [1.82, 2.24) is 10.2 Å². The van der Waals surface area contributed by atoms with E-state index in [1.54, 1.807) is 11.3 Å². The fourth-order valence-corrected chi connectivity index (χ4v) is 3.42. The van der Waals surface area contributed by atoms with Crippen molar-refractivity contribution in [2.24, 2.45) is 0 Å². The average Bonchev–Trinajstić information content (AvgIpc) is 2.89. The van der Waals surface area contributed by atoms with E-state index >= 15 is 0 Å². The lowest BCUT2D eigenvalue weighted by Gasteiger charge is -2.36. The number of ether oxygens (including phenoxy) is 1. The molecule has 1 fully saturated rings. The molecule has 1 saturated heterocycles. The molecule has 3 atom stereocenters. The van der Waals surface area contributed by atoms with Gasteiger partial charge in [-0.05, 0) is 25.3 Å². The number of hydrogen-bond acceptors (Lipinski definition) is 4. The van der Waals surface area contributed by atoms with Gasteiger partial charge >= 0.3 is 0 Å². The number of morpholine rings is 1. The van der Waals surface area contributed by atoms with Gasteiger partial charge in [0.2, 0.25) is 11.8 Å². The van der Waals surface area contributed by atoms with Crippen molar-refractivity contribution in [3.63, 3.8) is 0 Å².